The SMILES string of the molecule is C[Si](C)(C)CCOCn1ncc(N[C@H](CCCn2ccc3cc(Br)c(F)cc3c2=O)CCOC(F)F)c(C(F)(F)F)c1=O. The Morgan fingerprint density at radius 2 is 1.81 bits per heavy atom. The van der Waals surface area contributed by atoms with E-state index in [0.29, 0.717) is 10.1 Å². The van der Waals surface area contributed by atoms with Crippen LogP contribution in [-0.4, -0.2) is 48.3 Å². The number of halogens is 7. The van der Waals surface area contributed by atoms with E-state index in [0.717, 1.165) is 18.3 Å². The van der Waals surface area contributed by atoms with Gasteiger partial charge in [-0.25, -0.2) is 9.07 Å². The van der Waals surface area contributed by atoms with Gasteiger partial charge in [0.05, 0.1) is 28.4 Å². The van der Waals surface area contributed by atoms with Gasteiger partial charge in [0.1, 0.15) is 18.1 Å². The molecule has 0 fully saturated rings. The molecule has 0 aliphatic carbocycles. The van der Waals surface area contributed by atoms with Gasteiger partial charge in [0.2, 0.25) is 0 Å². The monoisotopic (exact) mass is 698 g/mol. The summed E-state index contributed by atoms with van der Waals surface area (Å²) in [5.41, 5.74) is -3.97. The van der Waals surface area contributed by atoms with Gasteiger partial charge in [0.25, 0.3) is 11.1 Å². The van der Waals surface area contributed by atoms with Crippen LogP contribution in [-0.2, 0) is 28.9 Å². The second kappa shape index (κ2) is 14.9. The predicted molar refractivity (Wildman–Crippen MR) is 157 cm³/mol. The fraction of sp³-hybridized carbons (Fsp3) is 0.519. The molecule has 0 bridgehead atoms. The first kappa shape index (κ1) is 34.8. The van der Waals surface area contributed by atoms with Crippen LogP contribution in [0.3, 0.4) is 0 Å². The molecular formula is C27H33BrF6N4O4Si. The van der Waals surface area contributed by atoms with Crippen LogP contribution in [0.5, 0.6) is 0 Å². The average molecular weight is 700 g/mol. The first-order valence-electron chi connectivity index (χ1n) is 13.5. The zero-order valence-corrected chi connectivity index (χ0v) is 26.4. The van der Waals surface area contributed by atoms with Crippen molar-refractivity contribution in [3.8, 4) is 0 Å². The third kappa shape index (κ3) is 10.2. The fourth-order valence-corrected chi connectivity index (χ4v) is 5.38. The molecule has 8 nitrogen and oxygen atoms in total. The summed E-state index contributed by atoms with van der Waals surface area (Å²) in [6, 6.07) is 4.09. The number of benzene rings is 1. The van der Waals surface area contributed by atoms with Crippen LogP contribution in [0.1, 0.15) is 24.8 Å². The van der Waals surface area contributed by atoms with E-state index in [9.17, 15) is 35.9 Å². The van der Waals surface area contributed by atoms with Crippen molar-refractivity contribution < 1.29 is 35.8 Å². The highest BCUT2D eigenvalue weighted by atomic mass is 79.9. The Bertz CT molecular complexity index is 1510. The average Bonchev–Trinajstić information content (AvgIpc) is 2.88. The number of pyridine rings is 1. The van der Waals surface area contributed by atoms with Gasteiger partial charge in [0, 0.05) is 33.5 Å². The largest absolute Gasteiger partial charge is 0.423 e. The Hall–Kier alpha value is -2.69. The number of nitrogens with one attached hydrogen (secondary N) is 1. The number of rotatable bonds is 15. The summed E-state index contributed by atoms with van der Waals surface area (Å²) in [5, 5.41) is 7.12. The van der Waals surface area contributed by atoms with E-state index in [2.05, 4.69) is 50.7 Å². The van der Waals surface area contributed by atoms with E-state index in [1.165, 1.54) is 16.8 Å². The van der Waals surface area contributed by atoms with Crippen molar-refractivity contribution in [1.29, 1.82) is 0 Å². The number of alkyl halides is 5. The summed E-state index contributed by atoms with van der Waals surface area (Å²) in [6.45, 7) is 2.68. The lowest BCUT2D eigenvalue weighted by molar-refractivity contribution is -0.138. The minimum Gasteiger partial charge on any atom is -0.380 e. The van der Waals surface area contributed by atoms with Gasteiger partial charge in [-0.1, -0.05) is 19.6 Å². The molecule has 0 amide bonds. The van der Waals surface area contributed by atoms with E-state index in [4.69, 9.17) is 4.74 Å². The summed E-state index contributed by atoms with van der Waals surface area (Å²) in [6.07, 6.45) is -2.47. The van der Waals surface area contributed by atoms with Crippen LogP contribution >= 0.6 is 15.9 Å². The Morgan fingerprint density at radius 3 is 2.47 bits per heavy atom. The molecule has 1 N–H and O–H groups in total. The molecule has 2 aromatic heterocycles. The van der Waals surface area contributed by atoms with Gasteiger partial charge in [-0.2, -0.15) is 27.1 Å². The van der Waals surface area contributed by atoms with Gasteiger partial charge in [0.15, 0.2) is 0 Å². The lowest BCUT2D eigenvalue weighted by atomic mass is 10.1. The van der Waals surface area contributed by atoms with Gasteiger partial charge < -0.3 is 19.4 Å². The summed E-state index contributed by atoms with van der Waals surface area (Å²) < 4.78 is 93.1. The molecule has 0 spiro atoms. The molecule has 0 aliphatic heterocycles. The lowest BCUT2D eigenvalue weighted by Gasteiger charge is -2.23. The van der Waals surface area contributed by atoms with Gasteiger partial charge in [-0.3, -0.25) is 9.59 Å². The van der Waals surface area contributed by atoms with Crippen molar-refractivity contribution in [2.75, 3.05) is 18.5 Å². The second-order valence-corrected chi connectivity index (χ2v) is 17.6. The van der Waals surface area contributed by atoms with Crippen molar-refractivity contribution >= 4 is 40.5 Å². The van der Waals surface area contributed by atoms with E-state index in [1.54, 1.807) is 6.07 Å². The molecule has 3 rings (SSSR count). The molecule has 0 unspecified atom stereocenters. The highest BCUT2D eigenvalue weighted by Gasteiger charge is 2.38. The number of ether oxygens (including phenoxy) is 2. The Labute approximate surface area is 253 Å². The lowest BCUT2D eigenvalue weighted by Crippen LogP contribution is -2.34. The quantitative estimate of drug-likeness (QED) is 0.108. The second-order valence-electron chi connectivity index (χ2n) is 11.2. The summed E-state index contributed by atoms with van der Waals surface area (Å²) in [7, 11) is -1.46. The van der Waals surface area contributed by atoms with Gasteiger partial charge >= 0.3 is 12.8 Å². The maximum absolute atomic E-state index is 14.0. The van der Waals surface area contributed by atoms with E-state index in [1.807, 2.05) is 0 Å². The van der Waals surface area contributed by atoms with Crippen LogP contribution in [0.15, 0.2) is 44.7 Å². The molecule has 0 saturated heterocycles. The van der Waals surface area contributed by atoms with Crippen molar-refractivity contribution in [2.24, 2.45) is 0 Å². The van der Waals surface area contributed by atoms with Gasteiger partial charge in [-0.05, 0) is 64.8 Å². The van der Waals surface area contributed by atoms with Crippen LogP contribution in [0.4, 0.5) is 32.0 Å². The summed E-state index contributed by atoms with van der Waals surface area (Å²) in [4.78, 5) is 25.6. The molecule has 238 valence electrons. The first-order valence-corrected chi connectivity index (χ1v) is 18.0. The zero-order chi connectivity index (χ0) is 31.9. The highest BCUT2D eigenvalue weighted by Crippen LogP contribution is 2.32. The molecule has 1 atom stereocenters. The third-order valence-corrected chi connectivity index (χ3v) is 8.89. The smallest absolute Gasteiger partial charge is 0.380 e. The minimum atomic E-state index is -5.05. The minimum absolute atomic E-state index is 0.112. The molecule has 0 radical (unpaired) electrons. The number of anilines is 1. The van der Waals surface area contributed by atoms with E-state index >= 15 is 0 Å². The number of aryl methyl sites for hydroxylation is 1. The molecule has 0 saturated carbocycles. The molecule has 1 aromatic carbocycles. The Balaban J connectivity index is 1.78. The molecule has 43 heavy (non-hydrogen) atoms. The molecule has 16 heteroatoms. The number of nitrogens with zero attached hydrogens (tertiary/aromatic N) is 3. The van der Waals surface area contributed by atoms with Crippen LogP contribution < -0.4 is 16.4 Å². The molecule has 2 heterocycles. The van der Waals surface area contributed by atoms with Crippen LogP contribution in [0, 0.1) is 5.82 Å². The van der Waals surface area contributed by atoms with Crippen molar-refractivity contribution in [3.05, 3.63) is 67.2 Å². The highest BCUT2D eigenvalue weighted by molar-refractivity contribution is 9.10. The summed E-state index contributed by atoms with van der Waals surface area (Å²) >= 11 is 3.07. The maximum atomic E-state index is 14.0. The Kier molecular flexibility index (Phi) is 12.0. The standard InChI is InChI=1S/C27H33BrF6N4O4Si/c1-43(2,3)12-11-41-16-38-25(40)23(27(32,33)34)22(15-35-38)36-18(7-10-42-26(30)31)5-4-8-37-9-6-17-13-20(28)21(29)14-19(17)24(37)39/h6,9,13-15,18,26,36H,4-5,7-8,10-12,16H2,1-3H3/t18-/m1/s1. The van der Waals surface area contributed by atoms with Crippen molar-refractivity contribution in [2.45, 2.75) is 77.1 Å². The van der Waals surface area contributed by atoms with Gasteiger partial charge in [-0.15, -0.1) is 0 Å². The Morgan fingerprint density at radius 1 is 1.09 bits per heavy atom. The first-order chi connectivity index (χ1) is 20.1. The van der Waals surface area contributed by atoms with E-state index in [-0.39, 0.29) is 42.3 Å². The third-order valence-electron chi connectivity index (χ3n) is 6.58. The molecular weight excluding hydrogens is 666 g/mol. The summed E-state index contributed by atoms with van der Waals surface area (Å²) in [5.74, 6) is -0.611. The van der Waals surface area contributed by atoms with Crippen molar-refractivity contribution in [1.82, 2.24) is 14.3 Å². The van der Waals surface area contributed by atoms with Crippen LogP contribution in [0.2, 0.25) is 25.7 Å². The number of aromatic nitrogens is 3. The van der Waals surface area contributed by atoms with E-state index < -0.39 is 68.4 Å². The molecule has 0 aliphatic rings. The number of fused-ring (bicyclic) bond motifs is 1. The zero-order valence-electron chi connectivity index (χ0n) is 23.8. The predicted octanol–water partition coefficient (Wildman–Crippen LogP) is 6.68. The topological polar surface area (TPSA) is 87.4 Å². The van der Waals surface area contributed by atoms with Crippen LogP contribution in [0.25, 0.3) is 10.8 Å². The number of hydrogen-bond donors (Lipinski definition) is 1. The van der Waals surface area contributed by atoms with Crippen molar-refractivity contribution in [3.63, 3.8) is 0 Å². The molecule has 3 aromatic rings. The fourth-order valence-electron chi connectivity index (χ4n) is 4.26. The normalized spacial score (nSPS) is 13.2. The maximum Gasteiger partial charge on any atom is 0.423 e. The number of hydrogen-bond acceptors (Lipinski definition) is 6.